The van der Waals surface area contributed by atoms with E-state index in [9.17, 15) is 14.7 Å². The van der Waals surface area contributed by atoms with Crippen LogP contribution in [0, 0.1) is 0 Å². The molecule has 3 N–H and O–H groups in total. The number of imide groups is 1. The molecule has 1 aliphatic heterocycles. The van der Waals surface area contributed by atoms with Crippen LogP contribution in [0.4, 0.5) is 4.79 Å². The number of nitrogens with one attached hydrogen (secondary N) is 2. The number of fused-ring (bicyclic) bond motifs is 1. The summed E-state index contributed by atoms with van der Waals surface area (Å²) in [6, 6.07) is 10.5. The summed E-state index contributed by atoms with van der Waals surface area (Å²) in [5, 5.41) is 14.2. The highest BCUT2D eigenvalue weighted by molar-refractivity contribution is 6.04. The molecule has 0 radical (unpaired) electrons. The number of carbonyl (C=O) groups is 2. The lowest BCUT2D eigenvalue weighted by Gasteiger charge is -2.01. The lowest BCUT2D eigenvalue weighted by atomic mass is 10.1. The Kier molecular flexibility index (Phi) is 2.80. The van der Waals surface area contributed by atoms with Gasteiger partial charge in [0.25, 0.3) is 5.91 Å². The van der Waals surface area contributed by atoms with E-state index >= 15 is 0 Å². The molecular weight excluding hydrogens is 298 g/mol. The Morgan fingerprint density at radius 3 is 2.74 bits per heavy atom. The van der Waals surface area contributed by atoms with Crippen LogP contribution < -0.4 is 10.6 Å². The lowest BCUT2D eigenvalue weighted by molar-refractivity contribution is -0.120. The van der Waals surface area contributed by atoms with Crippen LogP contribution in [-0.4, -0.2) is 22.0 Å². The van der Waals surface area contributed by atoms with E-state index in [2.05, 4.69) is 15.6 Å². The highest BCUT2D eigenvalue weighted by Crippen LogP contribution is 2.28. The average Bonchev–Trinajstić information content (AvgIpc) is 3.09. The molecule has 0 aliphatic carbocycles. The van der Waals surface area contributed by atoms with Crippen molar-refractivity contribution in [1.82, 2.24) is 15.6 Å². The molecule has 114 valence electrons. The summed E-state index contributed by atoms with van der Waals surface area (Å²) >= 11 is 0. The molecule has 1 saturated heterocycles. The first-order chi connectivity index (χ1) is 11.1. The van der Waals surface area contributed by atoms with Gasteiger partial charge in [0, 0.05) is 11.6 Å². The largest absolute Gasteiger partial charge is 0.508 e. The van der Waals surface area contributed by atoms with Crippen molar-refractivity contribution in [1.29, 1.82) is 0 Å². The number of rotatable bonds is 2. The summed E-state index contributed by atoms with van der Waals surface area (Å²) in [7, 11) is 0. The topological polar surface area (TPSA) is 104 Å². The number of phenolic OH excluding ortho intramolecular Hbond substituents is 1. The van der Waals surface area contributed by atoms with E-state index < -0.39 is 18.0 Å². The van der Waals surface area contributed by atoms with Crippen molar-refractivity contribution in [2.45, 2.75) is 6.04 Å². The number of furan rings is 1. The second kappa shape index (κ2) is 4.84. The number of carbonyl (C=O) groups excluding carboxylic acids is 2. The third-order valence-electron chi connectivity index (χ3n) is 3.59. The van der Waals surface area contributed by atoms with Gasteiger partial charge in [0.15, 0.2) is 11.6 Å². The number of phenols is 1. The zero-order valence-corrected chi connectivity index (χ0v) is 11.7. The van der Waals surface area contributed by atoms with Crippen molar-refractivity contribution in [3.8, 4) is 17.0 Å². The van der Waals surface area contributed by atoms with Crippen molar-refractivity contribution < 1.29 is 19.1 Å². The standard InChI is InChI=1S/C16H11N3O4/c20-9-3-1-2-8(6-9)10-4-5-12-11(17-10)7-13(23-12)14-15(21)19-16(22)18-14/h1-7,14,20H,(H2,18,19,21,22). The molecule has 7 nitrogen and oxygen atoms in total. The number of amides is 3. The smallest absolute Gasteiger partial charge is 0.322 e. The first-order valence-electron chi connectivity index (χ1n) is 6.91. The van der Waals surface area contributed by atoms with Crippen LogP contribution in [0.25, 0.3) is 22.4 Å². The van der Waals surface area contributed by atoms with Gasteiger partial charge in [-0.1, -0.05) is 12.1 Å². The molecule has 1 atom stereocenters. The summed E-state index contributed by atoms with van der Waals surface area (Å²) < 4.78 is 5.60. The van der Waals surface area contributed by atoms with Gasteiger partial charge < -0.3 is 14.8 Å². The molecule has 1 fully saturated rings. The number of nitrogens with zero attached hydrogens (tertiary/aromatic N) is 1. The zero-order valence-electron chi connectivity index (χ0n) is 11.7. The number of hydrogen-bond acceptors (Lipinski definition) is 5. The van der Waals surface area contributed by atoms with Crippen molar-refractivity contribution in [2.24, 2.45) is 0 Å². The lowest BCUT2D eigenvalue weighted by Crippen LogP contribution is -2.22. The van der Waals surface area contributed by atoms with Gasteiger partial charge >= 0.3 is 6.03 Å². The van der Waals surface area contributed by atoms with Gasteiger partial charge in [0.1, 0.15) is 17.0 Å². The van der Waals surface area contributed by atoms with Crippen LogP contribution in [0.15, 0.2) is 46.9 Å². The zero-order chi connectivity index (χ0) is 16.0. The minimum absolute atomic E-state index is 0.155. The van der Waals surface area contributed by atoms with Gasteiger partial charge in [-0.3, -0.25) is 10.1 Å². The second-order valence-electron chi connectivity index (χ2n) is 5.17. The molecule has 0 spiro atoms. The second-order valence-corrected chi connectivity index (χ2v) is 5.17. The van der Waals surface area contributed by atoms with Gasteiger partial charge in [0.05, 0.1) is 5.69 Å². The molecule has 3 heterocycles. The van der Waals surface area contributed by atoms with Crippen molar-refractivity contribution in [3.05, 3.63) is 48.2 Å². The van der Waals surface area contributed by atoms with Gasteiger partial charge in [-0.25, -0.2) is 9.78 Å². The third-order valence-corrected chi connectivity index (χ3v) is 3.59. The Morgan fingerprint density at radius 2 is 2.00 bits per heavy atom. The number of hydrogen-bond donors (Lipinski definition) is 3. The Hall–Kier alpha value is -3.35. The van der Waals surface area contributed by atoms with E-state index in [-0.39, 0.29) is 5.75 Å². The third kappa shape index (κ3) is 2.28. The minimum Gasteiger partial charge on any atom is -0.508 e. The molecule has 1 unspecified atom stereocenters. The molecule has 0 bridgehead atoms. The predicted octanol–water partition coefficient (Wildman–Crippen LogP) is 2.08. The van der Waals surface area contributed by atoms with E-state index in [4.69, 9.17) is 4.42 Å². The molecule has 7 heteroatoms. The number of urea groups is 1. The number of aromatic hydroxyl groups is 1. The van der Waals surface area contributed by atoms with Crippen molar-refractivity contribution >= 4 is 23.0 Å². The Morgan fingerprint density at radius 1 is 1.13 bits per heavy atom. The number of benzene rings is 1. The summed E-state index contributed by atoms with van der Waals surface area (Å²) in [6.45, 7) is 0. The van der Waals surface area contributed by atoms with Crippen molar-refractivity contribution in [3.63, 3.8) is 0 Å². The van der Waals surface area contributed by atoms with Gasteiger partial charge in [-0.15, -0.1) is 0 Å². The average molecular weight is 309 g/mol. The minimum atomic E-state index is -0.846. The van der Waals surface area contributed by atoms with Crippen LogP contribution in [-0.2, 0) is 4.79 Å². The van der Waals surface area contributed by atoms with Gasteiger partial charge in [-0.05, 0) is 24.3 Å². The maximum atomic E-state index is 11.7. The quantitative estimate of drug-likeness (QED) is 0.629. The van der Waals surface area contributed by atoms with Gasteiger partial charge in [0.2, 0.25) is 0 Å². The van der Waals surface area contributed by atoms with Crippen LogP contribution in [0.5, 0.6) is 5.75 Å². The maximum Gasteiger partial charge on any atom is 0.322 e. The highest BCUT2D eigenvalue weighted by Gasteiger charge is 2.33. The Bertz CT molecular complexity index is 947. The molecule has 1 aliphatic rings. The van der Waals surface area contributed by atoms with E-state index in [0.29, 0.717) is 22.6 Å². The molecule has 4 rings (SSSR count). The summed E-state index contributed by atoms with van der Waals surface area (Å²) in [5.74, 6) is 0.0220. The first kappa shape index (κ1) is 13.3. The Balaban J connectivity index is 1.75. The van der Waals surface area contributed by atoms with E-state index in [1.807, 2.05) is 6.07 Å². The molecule has 1 aromatic carbocycles. The fraction of sp³-hybridized carbons (Fsp3) is 0.0625. The summed E-state index contributed by atoms with van der Waals surface area (Å²) in [6.07, 6.45) is 0. The monoisotopic (exact) mass is 309 g/mol. The van der Waals surface area contributed by atoms with Crippen LogP contribution in [0.2, 0.25) is 0 Å². The number of aromatic nitrogens is 1. The first-order valence-corrected chi connectivity index (χ1v) is 6.91. The number of pyridine rings is 1. The predicted molar refractivity (Wildman–Crippen MR) is 80.5 cm³/mol. The Labute approximate surface area is 129 Å². The SMILES string of the molecule is O=C1NC(=O)C(c2cc3nc(-c4cccc(O)c4)ccc3o2)N1. The molecular formula is C16H11N3O4. The molecule has 3 amide bonds. The summed E-state index contributed by atoms with van der Waals surface area (Å²) in [4.78, 5) is 27.4. The van der Waals surface area contributed by atoms with Crippen LogP contribution in [0.1, 0.15) is 11.8 Å². The maximum absolute atomic E-state index is 11.7. The fourth-order valence-corrected chi connectivity index (χ4v) is 2.53. The molecule has 2 aromatic heterocycles. The van der Waals surface area contributed by atoms with Crippen LogP contribution >= 0.6 is 0 Å². The van der Waals surface area contributed by atoms with Gasteiger partial charge in [-0.2, -0.15) is 0 Å². The van der Waals surface area contributed by atoms with Crippen LogP contribution in [0.3, 0.4) is 0 Å². The van der Waals surface area contributed by atoms with Crippen molar-refractivity contribution in [2.75, 3.05) is 0 Å². The normalized spacial score (nSPS) is 17.3. The van der Waals surface area contributed by atoms with E-state index in [1.54, 1.807) is 36.4 Å². The van der Waals surface area contributed by atoms with E-state index in [1.165, 1.54) is 0 Å². The highest BCUT2D eigenvalue weighted by atomic mass is 16.3. The molecule has 0 saturated carbocycles. The van der Waals surface area contributed by atoms with E-state index in [0.717, 1.165) is 5.56 Å². The summed E-state index contributed by atoms with van der Waals surface area (Å²) in [5.41, 5.74) is 2.51. The fourth-order valence-electron chi connectivity index (χ4n) is 2.53. The molecule has 3 aromatic rings. The molecule has 23 heavy (non-hydrogen) atoms.